The van der Waals surface area contributed by atoms with Crippen molar-refractivity contribution in [3.05, 3.63) is 71.8 Å². The van der Waals surface area contributed by atoms with Gasteiger partial charge < -0.3 is 5.32 Å². The van der Waals surface area contributed by atoms with Gasteiger partial charge in [0.15, 0.2) is 0 Å². The van der Waals surface area contributed by atoms with Crippen molar-refractivity contribution in [2.24, 2.45) is 0 Å². The summed E-state index contributed by atoms with van der Waals surface area (Å²) in [6.07, 6.45) is 0. The van der Waals surface area contributed by atoms with E-state index in [0.717, 1.165) is 5.56 Å². The number of amides is 1. The van der Waals surface area contributed by atoms with Crippen LogP contribution in [0.1, 0.15) is 15.9 Å². The van der Waals surface area contributed by atoms with Crippen molar-refractivity contribution in [2.75, 3.05) is 0 Å². The van der Waals surface area contributed by atoms with Gasteiger partial charge in [0.05, 0.1) is 0 Å². The van der Waals surface area contributed by atoms with Crippen LogP contribution in [0.3, 0.4) is 0 Å². The first-order chi connectivity index (χ1) is 10.5. The van der Waals surface area contributed by atoms with Crippen molar-refractivity contribution in [3.8, 4) is 0 Å². The third-order valence-electron chi connectivity index (χ3n) is 2.85. The molecule has 0 unspecified atom stereocenters. The molecule has 1 atom stereocenters. The lowest BCUT2D eigenvalue weighted by molar-refractivity contribution is 0.0950. The Morgan fingerprint density at radius 2 is 1.55 bits per heavy atom. The van der Waals surface area contributed by atoms with Gasteiger partial charge in [-0.25, -0.2) is 0 Å². The van der Waals surface area contributed by atoms with E-state index in [1.54, 1.807) is 24.3 Å². The molecule has 0 aromatic heterocycles. The Balaban J connectivity index is 2.02. The van der Waals surface area contributed by atoms with Crippen molar-refractivity contribution in [1.29, 1.82) is 0 Å². The molecule has 2 aromatic carbocycles. The van der Waals surface area contributed by atoms with Gasteiger partial charge in [-0.05, 0) is 17.7 Å². The van der Waals surface area contributed by atoms with Gasteiger partial charge in [0, 0.05) is 11.3 Å². The number of hydrogen-bond acceptors (Lipinski definition) is 2. The molecule has 0 saturated carbocycles. The van der Waals surface area contributed by atoms with Crippen LogP contribution in [0.2, 0.25) is 0 Å². The van der Waals surface area contributed by atoms with E-state index in [-0.39, 0.29) is 5.91 Å². The summed E-state index contributed by atoms with van der Waals surface area (Å²) in [6, 6.07) is 18.7. The summed E-state index contributed by atoms with van der Waals surface area (Å²) in [5.74, 6) is 0.367. The van der Waals surface area contributed by atoms with Crippen LogP contribution in [0.15, 0.2) is 60.7 Å². The number of halogens is 3. The molecule has 0 fully saturated rings. The van der Waals surface area contributed by atoms with Crippen LogP contribution in [0.25, 0.3) is 0 Å². The smallest absolute Gasteiger partial charge is 0.252 e. The zero-order chi connectivity index (χ0) is 16.0. The number of nitrogens with one attached hydrogen (secondary N) is 1. The molecule has 0 spiro atoms. The first-order valence-electron chi connectivity index (χ1n) is 6.55. The normalized spacial score (nSPS) is 12.7. The number of carbonyl (C=O) groups is 1. The number of alkyl halides is 3. The van der Waals surface area contributed by atoms with Crippen LogP contribution < -0.4 is 5.32 Å². The highest BCUT2D eigenvalue weighted by Gasteiger charge is 2.34. The van der Waals surface area contributed by atoms with Crippen LogP contribution in [-0.2, 0) is 5.75 Å². The summed E-state index contributed by atoms with van der Waals surface area (Å²) >= 11 is 19.4. The van der Waals surface area contributed by atoms with Gasteiger partial charge in [0.2, 0.25) is 3.79 Å². The highest BCUT2D eigenvalue weighted by atomic mass is 35.6. The predicted octanol–water partition coefficient (Wildman–Crippen LogP) is 5.05. The van der Waals surface area contributed by atoms with Crippen molar-refractivity contribution in [2.45, 2.75) is 14.9 Å². The SMILES string of the molecule is O=C(N[C@H](SCc1ccccc1)C(Cl)(Cl)Cl)c1ccccc1. The molecule has 2 rings (SSSR count). The maximum absolute atomic E-state index is 12.2. The lowest BCUT2D eigenvalue weighted by Crippen LogP contribution is -2.41. The molecule has 0 aliphatic carbocycles. The van der Waals surface area contributed by atoms with Gasteiger partial charge in [-0.3, -0.25) is 4.79 Å². The van der Waals surface area contributed by atoms with E-state index in [1.807, 2.05) is 36.4 Å². The molecule has 1 amide bonds. The van der Waals surface area contributed by atoms with Crippen molar-refractivity contribution in [1.82, 2.24) is 5.32 Å². The van der Waals surface area contributed by atoms with Crippen molar-refractivity contribution < 1.29 is 4.79 Å². The second-order valence-corrected chi connectivity index (χ2v) is 8.02. The highest BCUT2D eigenvalue weighted by molar-refractivity contribution is 7.99. The minimum absolute atomic E-state index is 0.266. The molecule has 0 saturated heterocycles. The first-order valence-corrected chi connectivity index (χ1v) is 8.73. The fraction of sp³-hybridized carbons (Fsp3) is 0.188. The molecular formula is C16H14Cl3NOS. The predicted molar refractivity (Wildman–Crippen MR) is 95.7 cm³/mol. The van der Waals surface area contributed by atoms with Crippen molar-refractivity contribution in [3.63, 3.8) is 0 Å². The summed E-state index contributed by atoms with van der Waals surface area (Å²) in [5, 5.41) is 2.12. The molecule has 0 aliphatic heterocycles. The minimum Gasteiger partial charge on any atom is -0.336 e. The summed E-state index contributed by atoms with van der Waals surface area (Å²) in [6.45, 7) is 0. The van der Waals surface area contributed by atoms with Gasteiger partial charge in [-0.2, -0.15) is 0 Å². The minimum atomic E-state index is -1.59. The maximum Gasteiger partial charge on any atom is 0.252 e. The highest BCUT2D eigenvalue weighted by Crippen LogP contribution is 2.37. The summed E-state index contributed by atoms with van der Waals surface area (Å²) in [7, 11) is 0. The molecule has 1 N–H and O–H groups in total. The Morgan fingerprint density at radius 3 is 2.09 bits per heavy atom. The molecule has 0 aliphatic rings. The maximum atomic E-state index is 12.2. The standard InChI is InChI=1S/C16H14Cl3NOS/c17-16(18,19)15(22-11-12-7-3-1-4-8-12)20-14(21)13-9-5-2-6-10-13/h1-10,15H,11H2,(H,20,21)/t15-/m1/s1. The van der Waals surface area contributed by atoms with Gasteiger partial charge in [0.25, 0.3) is 5.91 Å². The van der Waals surface area contributed by atoms with Crippen LogP contribution in [0.5, 0.6) is 0 Å². The Morgan fingerprint density at radius 1 is 1.00 bits per heavy atom. The molecule has 6 heteroatoms. The molecule has 0 bridgehead atoms. The fourth-order valence-electron chi connectivity index (χ4n) is 1.76. The number of benzene rings is 2. The average molecular weight is 375 g/mol. The second kappa shape index (κ2) is 8.11. The fourth-order valence-corrected chi connectivity index (χ4v) is 3.43. The molecule has 2 aromatic rings. The molecule has 22 heavy (non-hydrogen) atoms. The van der Waals surface area contributed by atoms with E-state index < -0.39 is 9.17 Å². The van der Waals surface area contributed by atoms with Gasteiger partial charge in [0.1, 0.15) is 5.37 Å². The Hall–Kier alpha value is -0.870. The van der Waals surface area contributed by atoms with E-state index in [9.17, 15) is 4.79 Å². The second-order valence-electron chi connectivity index (χ2n) is 4.56. The van der Waals surface area contributed by atoms with Gasteiger partial charge in [-0.1, -0.05) is 83.3 Å². The number of thioether (sulfide) groups is 1. The molecular weight excluding hydrogens is 361 g/mol. The molecule has 2 nitrogen and oxygen atoms in total. The topological polar surface area (TPSA) is 29.1 Å². The quantitative estimate of drug-likeness (QED) is 0.586. The van der Waals surface area contributed by atoms with Crippen LogP contribution >= 0.6 is 46.6 Å². The van der Waals surface area contributed by atoms with Crippen LogP contribution in [-0.4, -0.2) is 15.1 Å². The Labute approximate surface area is 149 Å². The Kier molecular flexibility index (Phi) is 6.45. The van der Waals surface area contributed by atoms with Crippen LogP contribution in [0.4, 0.5) is 0 Å². The van der Waals surface area contributed by atoms with E-state index in [0.29, 0.717) is 11.3 Å². The van der Waals surface area contributed by atoms with E-state index in [4.69, 9.17) is 34.8 Å². The van der Waals surface area contributed by atoms with Crippen LogP contribution in [0, 0.1) is 0 Å². The van der Waals surface area contributed by atoms with Gasteiger partial charge >= 0.3 is 0 Å². The number of hydrogen-bond donors (Lipinski definition) is 1. The summed E-state index contributed by atoms with van der Waals surface area (Å²) in [5.41, 5.74) is 1.63. The lowest BCUT2D eigenvalue weighted by atomic mass is 10.2. The van der Waals surface area contributed by atoms with E-state index in [2.05, 4.69) is 5.32 Å². The van der Waals surface area contributed by atoms with Crippen molar-refractivity contribution >= 4 is 52.5 Å². The Bertz CT molecular complexity index is 602. The van der Waals surface area contributed by atoms with E-state index >= 15 is 0 Å². The molecule has 116 valence electrons. The summed E-state index contributed by atoms with van der Waals surface area (Å²) < 4.78 is -1.59. The first kappa shape index (κ1) is 17.5. The third kappa shape index (κ3) is 5.40. The molecule has 0 heterocycles. The molecule has 0 radical (unpaired) electrons. The zero-order valence-corrected chi connectivity index (χ0v) is 14.6. The largest absolute Gasteiger partial charge is 0.336 e. The zero-order valence-electron chi connectivity index (χ0n) is 11.5. The monoisotopic (exact) mass is 373 g/mol. The number of rotatable bonds is 5. The average Bonchev–Trinajstić information content (AvgIpc) is 2.52. The number of carbonyl (C=O) groups excluding carboxylic acids is 1. The third-order valence-corrected chi connectivity index (χ3v) is 5.20. The summed E-state index contributed by atoms with van der Waals surface area (Å²) in [4.78, 5) is 12.2. The lowest BCUT2D eigenvalue weighted by Gasteiger charge is -2.25. The van der Waals surface area contributed by atoms with E-state index in [1.165, 1.54) is 11.8 Å². The van der Waals surface area contributed by atoms with Gasteiger partial charge in [-0.15, -0.1) is 11.8 Å².